The Balaban J connectivity index is 1.68. The average Bonchev–Trinajstić information content (AvgIpc) is 2.76. The molecule has 0 unspecified atom stereocenters. The van der Waals surface area contributed by atoms with Crippen LogP contribution in [-0.4, -0.2) is 29.4 Å². The number of fused-ring (bicyclic) bond motifs is 2. The fraction of sp³-hybridized carbons (Fsp3) is 0.125. The summed E-state index contributed by atoms with van der Waals surface area (Å²) in [5.74, 6) is -0.605. The molecule has 0 fully saturated rings. The first-order valence-electron chi connectivity index (χ1n) is 9.13. The fourth-order valence-corrected chi connectivity index (χ4v) is 3.57. The lowest BCUT2D eigenvalue weighted by Crippen LogP contribution is -2.30. The zero-order chi connectivity index (χ0) is 19.8. The SMILES string of the molecule is C[C@H](c1ccccc1)N(C)C(=O)c1ccc2c(c1)C(=O)c1ccccc1C2=O. The van der Waals surface area contributed by atoms with Gasteiger partial charge < -0.3 is 4.90 Å². The van der Waals surface area contributed by atoms with E-state index in [1.165, 1.54) is 0 Å². The van der Waals surface area contributed by atoms with Crippen molar-refractivity contribution < 1.29 is 14.4 Å². The second-order valence-electron chi connectivity index (χ2n) is 6.97. The lowest BCUT2D eigenvalue weighted by atomic mass is 9.83. The van der Waals surface area contributed by atoms with Crippen LogP contribution in [0.4, 0.5) is 0 Å². The highest BCUT2D eigenvalue weighted by Crippen LogP contribution is 2.29. The van der Waals surface area contributed by atoms with E-state index in [0.717, 1.165) is 5.56 Å². The third kappa shape index (κ3) is 2.83. The number of amides is 1. The molecule has 0 spiro atoms. The van der Waals surface area contributed by atoms with Crippen molar-refractivity contribution in [3.8, 4) is 0 Å². The summed E-state index contributed by atoms with van der Waals surface area (Å²) in [6.07, 6.45) is 0. The smallest absolute Gasteiger partial charge is 0.254 e. The van der Waals surface area contributed by atoms with E-state index in [1.807, 2.05) is 37.3 Å². The summed E-state index contributed by atoms with van der Waals surface area (Å²) < 4.78 is 0. The molecule has 4 nitrogen and oxygen atoms in total. The molecule has 1 amide bonds. The van der Waals surface area contributed by atoms with Crippen molar-refractivity contribution in [3.05, 3.63) is 106 Å². The largest absolute Gasteiger partial charge is 0.335 e. The Hall–Kier alpha value is -3.53. The van der Waals surface area contributed by atoms with Crippen LogP contribution in [0.15, 0.2) is 72.8 Å². The Morgan fingerprint density at radius 2 is 1.29 bits per heavy atom. The first kappa shape index (κ1) is 17.9. The van der Waals surface area contributed by atoms with Gasteiger partial charge in [0.05, 0.1) is 6.04 Å². The predicted octanol–water partition coefficient (Wildman–Crippen LogP) is 4.30. The van der Waals surface area contributed by atoms with Gasteiger partial charge in [-0.25, -0.2) is 0 Å². The summed E-state index contributed by atoms with van der Waals surface area (Å²) in [5, 5.41) is 0. The third-order valence-electron chi connectivity index (χ3n) is 5.36. The Morgan fingerprint density at radius 3 is 1.93 bits per heavy atom. The Kier molecular flexibility index (Phi) is 4.40. The van der Waals surface area contributed by atoms with Crippen LogP contribution >= 0.6 is 0 Å². The molecule has 0 aliphatic heterocycles. The summed E-state index contributed by atoms with van der Waals surface area (Å²) in [7, 11) is 1.74. The van der Waals surface area contributed by atoms with E-state index in [4.69, 9.17) is 0 Å². The van der Waals surface area contributed by atoms with Crippen molar-refractivity contribution in [2.24, 2.45) is 0 Å². The third-order valence-corrected chi connectivity index (χ3v) is 5.36. The fourth-order valence-electron chi connectivity index (χ4n) is 3.57. The lowest BCUT2D eigenvalue weighted by Gasteiger charge is -2.26. The highest BCUT2D eigenvalue weighted by atomic mass is 16.2. The number of ketones is 2. The number of carbonyl (C=O) groups is 3. The molecule has 1 atom stereocenters. The maximum atomic E-state index is 13.0. The molecule has 0 aromatic heterocycles. The van der Waals surface area contributed by atoms with Gasteiger partial charge in [-0.3, -0.25) is 14.4 Å². The number of benzene rings is 3. The van der Waals surface area contributed by atoms with Gasteiger partial charge in [-0.15, -0.1) is 0 Å². The normalized spacial score (nSPS) is 13.5. The molecular formula is C24H19NO3. The molecule has 3 aromatic carbocycles. The second kappa shape index (κ2) is 6.89. The molecule has 1 aliphatic rings. The van der Waals surface area contributed by atoms with Crippen molar-refractivity contribution in [3.63, 3.8) is 0 Å². The topological polar surface area (TPSA) is 54.5 Å². The van der Waals surface area contributed by atoms with E-state index in [9.17, 15) is 14.4 Å². The summed E-state index contributed by atoms with van der Waals surface area (Å²) in [6.45, 7) is 1.95. The van der Waals surface area contributed by atoms with Crippen LogP contribution in [0, 0.1) is 0 Å². The van der Waals surface area contributed by atoms with Crippen molar-refractivity contribution >= 4 is 17.5 Å². The minimum absolute atomic E-state index is 0.122. The van der Waals surface area contributed by atoms with Crippen LogP contribution in [-0.2, 0) is 0 Å². The van der Waals surface area contributed by atoms with Crippen molar-refractivity contribution in [1.82, 2.24) is 4.90 Å². The van der Waals surface area contributed by atoms with E-state index in [0.29, 0.717) is 22.3 Å². The van der Waals surface area contributed by atoms with Gasteiger partial charge in [0.25, 0.3) is 5.91 Å². The molecule has 3 aromatic rings. The minimum atomic E-state index is -0.224. The van der Waals surface area contributed by atoms with Crippen LogP contribution in [0.5, 0.6) is 0 Å². The van der Waals surface area contributed by atoms with Crippen LogP contribution in [0.2, 0.25) is 0 Å². The number of rotatable bonds is 3. The lowest BCUT2D eigenvalue weighted by molar-refractivity contribution is 0.0742. The standard InChI is InChI=1S/C24H19NO3/c1-15(16-8-4-3-5-9-16)25(2)24(28)17-12-13-20-21(14-17)23(27)19-11-7-6-10-18(19)22(20)26/h3-15H,1-2H3/t15-/m1/s1. The van der Waals surface area contributed by atoms with Gasteiger partial charge in [-0.2, -0.15) is 0 Å². The Labute approximate surface area is 163 Å². The highest BCUT2D eigenvalue weighted by Gasteiger charge is 2.30. The molecule has 0 heterocycles. The molecule has 1 aliphatic carbocycles. The summed E-state index contributed by atoms with van der Waals surface area (Å²) in [6, 6.07) is 21.2. The molecule has 28 heavy (non-hydrogen) atoms. The molecule has 0 bridgehead atoms. The second-order valence-corrected chi connectivity index (χ2v) is 6.97. The number of hydrogen-bond donors (Lipinski definition) is 0. The first-order valence-corrected chi connectivity index (χ1v) is 9.13. The Morgan fingerprint density at radius 1 is 0.750 bits per heavy atom. The molecule has 4 heteroatoms. The van der Waals surface area contributed by atoms with Gasteiger partial charge in [-0.05, 0) is 30.7 Å². The van der Waals surface area contributed by atoms with Crippen LogP contribution in [0.1, 0.15) is 60.7 Å². The number of nitrogens with zero attached hydrogens (tertiary/aromatic N) is 1. The molecule has 138 valence electrons. The summed E-state index contributed by atoms with van der Waals surface area (Å²) in [4.78, 5) is 40.2. The van der Waals surface area contributed by atoms with Crippen molar-refractivity contribution in [2.45, 2.75) is 13.0 Å². The quantitative estimate of drug-likeness (QED) is 0.541. The van der Waals surface area contributed by atoms with Crippen molar-refractivity contribution in [2.75, 3.05) is 7.05 Å². The predicted molar refractivity (Wildman–Crippen MR) is 107 cm³/mol. The molecule has 0 saturated carbocycles. The van der Waals surface area contributed by atoms with E-state index in [-0.39, 0.29) is 29.1 Å². The maximum absolute atomic E-state index is 13.0. The Bertz CT molecular complexity index is 1100. The van der Waals surface area contributed by atoms with E-state index in [1.54, 1.807) is 54.4 Å². The molecule has 0 saturated heterocycles. The van der Waals surface area contributed by atoms with Gasteiger partial charge in [-0.1, -0.05) is 54.6 Å². The van der Waals surface area contributed by atoms with Gasteiger partial charge in [0, 0.05) is 34.9 Å². The molecular weight excluding hydrogens is 350 g/mol. The minimum Gasteiger partial charge on any atom is -0.335 e. The van der Waals surface area contributed by atoms with Crippen LogP contribution in [0.3, 0.4) is 0 Å². The van der Waals surface area contributed by atoms with E-state index >= 15 is 0 Å². The monoisotopic (exact) mass is 369 g/mol. The summed E-state index contributed by atoms with van der Waals surface area (Å²) in [5.41, 5.74) is 2.85. The molecule has 4 rings (SSSR count). The van der Waals surface area contributed by atoms with Gasteiger partial charge in [0.2, 0.25) is 0 Å². The zero-order valence-corrected chi connectivity index (χ0v) is 15.7. The maximum Gasteiger partial charge on any atom is 0.254 e. The number of hydrogen-bond acceptors (Lipinski definition) is 3. The van der Waals surface area contributed by atoms with Crippen LogP contribution < -0.4 is 0 Å². The average molecular weight is 369 g/mol. The van der Waals surface area contributed by atoms with Gasteiger partial charge in [0.1, 0.15) is 0 Å². The van der Waals surface area contributed by atoms with Gasteiger partial charge in [0.15, 0.2) is 11.6 Å². The first-order chi connectivity index (χ1) is 13.5. The van der Waals surface area contributed by atoms with Crippen LogP contribution in [0.25, 0.3) is 0 Å². The van der Waals surface area contributed by atoms with Gasteiger partial charge >= 0.3 is 0 Å². The molecule has 0 N–H and O–H groups in total. The van der Waals surface area contributed by atoms with E-state index in [2.05, 4.69) is 0 Å². The molecule has 0 radical (unpaired) electrons. The number of carbonyl (C=O) groups excluding carboxylic acids is 3. The summed E-state index contributed by atoms with van der Waals surface area (Å²) >= 11 is 0. The zero-order valence-electron chi connectivity index (χ0n) is 15.7. The van der Waals surface area contributed by atoms with Crippen molar-refractivity contribution in [1.29, 1.82) is 0 Å². The van der Waals surface area contributed by atoms with E-state index < -0.39 is 0 Å². The highest BCUT2D eigenvalue weighted by molar-refractivity contribution is 6.28.